The van der Waals surface area contributed by atoms with E-state index in [0.29, 0.717) is 0 Å². The van der Waals surface area contributed by atoms with Gasteiger partial charge in [0.2, 0.25) is 0 Å². The predicted octanol–water partition coefficient (Wildman–Crippen LogP) is 6.62. The van der Waals surface area contributed by atoms with Crippen LogP contribution in [-0.4, -0.2) is 0 Å². The Labute approximate surface area is 149 Å². The zero-order chi connectivity index (χ0) is 17.4. The quantitative estimate of drug-likeness (QED) is 0.481. The summed E-state index contributed by atoms with van der Waals surface area (Å²) in [6, 6.07) is 23.4. The maximum atomic E-state index is 6.32. The molecule has 3 aromatic rings. The summed E-state index contributed by atoms with van der Waals surface area (Å²) in [4.78, 5) is 0. The number of fused-ring (bicyclic) bond motifs is 1. The first-order valence-electron chi connectivity index (χ1n) is 8.84. The van der Waals surface area contributed by atoms with Gasteiger partial charge in [-0.3, -0.25) is 0 Å². The Hall–Kier alpha value is -2.67. The van der Waals surface area contributed by atoms with Gasteiger partial charge in [0, 0.05) is 24.1 Å². The molecular formula is C24H23O+. The highest BCUT2D eigenvalue weighted by Gasteiger charge is 2.34. The van der Waals surface area contributed by atoms with E-state index >= 15 is 0 Å². The average molecular weight is 327 g/mol. The Morgan fingerprint density at radius 1 is 0.800 bits per heavy atom. The predicted molar refractivity (Wildman–Crippen MR) is 105 cm³/mol. The van der Waals surface area contributed by atoms with Gasteiger partial charge in [-0.2, -0.15) is 0 Å². The van der Waals surface area contributed by atoms with Crippen molar-refractivity contribution in [2.75, 3.05) is 0 Å². The lowest BCUT2D eigenvalue weighted by atomic mass is 9.89. The third-order valence-corrected chi connectivity index (χ3v) is 4.76. The molecule has 4 rings (SSSR count). The first-order valence-corrected chi connectivity index (χ1v) is 8.84. The van der Waals surface area contributed by atoms with E-state index in [1.165, 1.54) is 27.8 Å². The van der Waals surface area contributed by atoms with Gasteiger partial charge in [-0.05, 0) is 37.5 Å². The number of benzene rings is 2. The van der Waals surface area contributed by atoms with Crippen LogP contribution in [0.3, 0.4) is 0 Å². The zero-order valence-electron chi connectivity index (χ0n) is 15.0. The van der Waals surface area contributed by atoms with Gasteiger partial charge in [-0.25, -0.2) is 4.42 Å². The van der Waals surface area contributed by atoms with Gasteiger partial charge in [-0.15, -0.1) is 0 Å². The van der Waals surface area contributed by atoms with Crippen molar-refractivity contribution in [1.82, 2.24) is 0 Å². The topological polar surface area (TPSA) is 11.3 Å². The fourth-order valence-electron chi connectivity index (χ4n) is 3.34. The van der Waals surface area contributed by atoms with Gasteiger partial charge in [-0.1, -0.05) is 60.7 Å². The number of hydrogen-bond acceptors (Lipinski definition) is 0. The summed E-state index contributed by atoms with van der Waals surface area (Å²) >= 11 is 0. The fourth-order valence-corrected chi connectivity index (χ4v) is 3.34. The van der Waals surface area contributed by atoms with Crippen LogP contribution in [0.1, 0.15) is 43.4 Å². The fraction of sp³-hybridized carbons (Fsp3) is 0.208. The third-order valence-electron chi connectivity index (χ3n) is 4.76. The van der Waals surface area contributed by atoms with Crippen LogP contribution in [0.4, 0.5) is 0 Å². The number of allylic oxidation sites excluding steroid dienone is 1. The van der Waals surface area contributed by atoms with Gasteiger partial charge in [0.25, 0.3) is 0 Å². The van der Waals surface area contributed by atoms with Crippen molar-refractivity contribution in [1.29, 1.82) is 0 Å². The largest absolute Gasteiger partial charge is 0.357 e. The van der Waals surface area contributed by atoms with Gasteiger partial charge >= 0.3 is 11.5 Å². The smallest absolute Gasteiger partial charge is 0.212 e. The summed E-state index contributed by atoms with van der Waals surface area (Å²) in [5.41, 5.74) is 6.39. The first kappa shape index (κ1) is 15.8. The van der Waals surface area contributed by atoms with E-state index in [4.69, 9.17) is 4.42 Å². The Bertz CT molecular complexity index is 929. The lowest BCUT2D eigenvalue weighted by molar-refractivity contribution is 0.391. The monoisotopic (exact) mass is 327 g/mol. The van der Waals surface area contributed by atoms with Crippen molar-refractivity contribution < 1.29 is 4.42 Å². The van der Waals surface area contributed by atoms with Crippen molar-refractivity contribution in [2.24, 2.45) is 0 Å². The molecule has 0 N–H and O–H groups in total. The normalized spacial score (nSPS) is 13.5. The summed E-state index contributed by atoms with van der Waals surface area (Å²) in [6.45, 7) is 6.59. The van der Waals surface area contributed by atoms with E-state index in [1.807, 2.05) is 0 Å². The maximum absolute atomic E-state index is 6.32. The van der Waals surface area contributed by atoms with Gasteiger partial charge < -0.3 is 0 Å². The molecule has 1 aliphatic rings. The second-order valence-electron chi connectivity index (χ2n) is 7.70. The molecule has 1 aliphatic carbocycles. The summed E-state index contributed by atoms with van der Waals surface area (Å²) < 4.78 is 6.32. The van der Waals surface area contributed by atoms with Crippen LogP contribution in [0.2, 0.25) is 0 Å². The molecule has 0 atom stereocenters. The molecule has 1 aromatic heterocycles. The highest BCUT2D eigenvalue weighted by molar-refractivity contribution is 5.90. The minimum Gasteiger partial charge on any atom is -0.212 e. The van der Waals surface area contributed by atoms with Crippen LogP contribution in [-0.2, 0) is 11.8 Å². The minimum atomic E-state index is -0.0259. The third kappa shape index (κ3) is 3.02. The van der Waals surface area contributed by atoms with Crippen molar-refractivity contribution in [3.05, 3.63) is 89.4 Å². The summed E-state index contributed by atoms with van der Waals surface area (Å²) in [5, 5.41) is 0. The lowest BCUT2D eigenvalue weighted by Gasteiger charge is -2.12. The molecule has 0 aliphatic heterocycles. The van der Waals surface area contributed by atoms with Crippen LogP contribution in [0.25, 0.3) is 22.8 Å². The Morgan fingerprint density at radius 3 is 2.00 bits per heavy atom. The summed E-state index contributed by atoms with van der Waals surface area (Å²) in [5.74, 6) is 2.03. The van der Waals surface area contributed by atoms with E-state index in [-0.39, 0.29) is 5.41 Å². The van der Waals surface area contributed by atoms with E-state index in [1.54, 1.807) is 0 Å². The molecule has 0 bridgehead atoms. The molecule has 0 saturated heterocycles. The maximum Gasteiger partial charge on any atom is 0.357 e. The molecule has 124 valence electrons. The molecule has 0 radical (unpaired) electrons. The van der Waals surface area contributed by atoms with Crippen LogP contribution in [0.5, 0.6) is 0 Å². The van der Waals surface area contributed by atoms with Crippen LogP contribution >= 0.6 is 0 Å². The van der Waals surface area contributed by atoms with E-state index < -0.39 is 0 Å². The lowest BCUT2D eigenvalue weighted by Crippen LogP contribution is -2.12. The molecular weight excluding hydrogens is 304 g/mol. The summed E-state index contributed by atoms with van der Waals surface area (Å²) in [7, 11) is 0. The highest BCUT2D eigenvalue weighted by atomic mass is 16.3. The second kappa shape index (κ2) is 6.00. The molecule has 1 heterocycles. The van der Waals surface area contributed by atoms with E-state index in [2.05, 4.69) is 93.6 Å². The van der Waals surface area contributed by atoms with Gasteiger partial charge in [0.15, 0.2) is 0 Å². The highest BCUT2D eigenvalue weighted by Crippen LogP contribution is 2.40. The molecule has 1 nitrogen and oxygen atoms in total. The van der Waals surface area contributed by atoms with Crippen molar-refractivity contribution in [2.45, 2.75) is 32.6 Å². The van der Waals surface area contributed by atoms with Crippen molar-refractivity contribution >= 4 is 11.6 Å². The van der Waals surface area contributed by atoms with Crippen LogP contribution in [0, 0.1) is 0 Å². The Kier molecular flexibility index (Phi) is 3.80. The number of rotatable bonds is 2. The first-order chi connectivity index (χ1) is 12.0. The van der Waals surface area contributed by atoms with Gasteiger partial charge in [0.1, 0.15) is 0 Å². The van der Waals surface area contributed by atoms with E-state index in [9.17, 15) is 0 Å². The molecule has 0 spiro atoms. The average Bonchev–Trinajstić information content (AvgIpc) is 3.06. The second-order valence-corrected chi connectivity index (χ2v) is 7.70. The molecule has 2 aromatic carbocycles. The molecule has 0 saturated carbocycles. The van der Waals surface area contributed by atoms with Crippen LogP contribution in [0.15, 0.2) is 71.1 Å². The molecule has 0 fully saturated rings. The van der Waals surface area contributed by atoms with Crippen molar-refractivity contribution in [3.63, 3.8) is 0 Å². The zero-order valence-corrected chi connectivity index (χ0v) is 15.0. The SMILES string of the molecule is CC(C)(C)c1cc(-c2ccccc2)c2c([o+]1)C=C(c1ccccc1)C2. The minimum absolute atomic E-state index is 0.0259. The van der Waals surface area contributed by atoms with E-state index in [0.717, 1.165) is 17.9 Å². The Morgan fingerprint density at radius 2 is 1.40 bits per heavy atom. The number of hydrogen-bond donors (Lipinski definition) is 0. The molecule has 0 unspecified atom stereocenters. The van der Waals surface area contributed by atoms with Crippen molar-refractivity contribution in [3.8, 4) is 11.1 Å². The Balaban J connectivity index is 1.87. The van der Waals surface area contributed by atoms with Crippen LogP contribution < -0.4 is 0 Å². The standard InChI is InChI=1S/C24H23O/c1-24(2,3)23-16-20(18-12-8-5-9-13-18)21-14-19(15-22(21)25-23)17-10-6-4-7-11-17/h4-13,15-16H,14H2,1-3H3/q+1. The van der Waals surface area contributed by atoms with Gasteiger partial charge in [0.05, 0.1) is 11.0 Å². The molecule has 1 heteroatoms. The summed E-state index contributed by atoms with van der Waals surface area (Å²) in [6.07, 6.45) is 3.13. The molecule has 0 amide bonds. The molecule has 25 heavy (non-hydrogen) atoms.